The molecule has 3 rings (SSSR count). The number of rotatable bonds is 7. The highest BCUT2D eigenvalue weighted by atomic mass is 16.5. The molecule has 0 bridgehead atoms. The van der Waals surface area contributed by atoms with E-state index < -0.39 is 0 Å². The van der Waals surface area contributed by atoms with Crippen molar-refractivity contribution in [3.8, 4) is 5.75 Å². The van der Waals surface area contributed by atoms with E-state index in [2.05, 4.69) is 10.3 Å². The van der Waals surface area contributed by atoms with Crippen molar-refractivity contribution in [1.29, 1.82) is 0 Å². The number of nitrogens with zero attached hydrogens (tertiary/aromatic N) is 2. The normalized spacial score (nSPS) is 14.3. The fourth-order valence-corrected chi connectivity index (χ4v) is 3.44. The molecule has 2 aromatic rings. The van der Waals surface area contributed by atoms with E-state index in [4.69, 9.17) is 4.74 Å². The lowest BCUT2D eigenvalue weighted by Crippen LogP contribution is -2.34. The average Bonchev–Trinajstić information content (AvgIpc) is 3.19. The summed E-state index contributed by atoms with van der Waals surface area (Å²) in [4.78, 5) is 28.7. The molecule has 0 radical (unpaired) electrons. The Morgan fingerprint density at radius 1 is 1.30 bits per heavy atom. The zero-order valence-corrected chi connectivity index (χ0v) is 16.0. The van der Waals surface area contributed by atoms with Crippen molar-refractivity contribution >= 4 is 5.91 Å². The SMILES string of the molecule is Cc1cccc(OCC(=O)NCCn2cnc(C3CCCC3)cc2=O)c1C. The lowest BCUT2D eigenvalue weighted by atomic mass is 10.0. The van der Waals surface area contributed by atoms with Gasteiger partial charge in [0, 0.05) is 25.1 Å². The third kappa shape index (κ3) is 4.96. The summed E-state index contributed by atoms with van der Waals surface area (Å²) in [5, 5.41) is 2.78. The van der Waals surface area contributed by atoms with Gasteiger partial charge in [-0.2, -0.15) is 0 Å². The van der Waals surface area contributed by atoms with Crippen LogP contribution >= 0.6 is 0 Å². The Morgan fingerprint density at radius 2 is 2.07 bits per heavy atom. The smallest absolute Gasteiger partial charge is 0.258 e. The third-order valence-corrected chi connectivity index (χ3v) is 5.26. The molecule has 1 saturated carbocycles. The van der Waals surface area contributed by atoms with Crippen LogP contribution in [-0.4, -0.2) is 28.6 Å². The first-order chi connectivity index (χ1) is 13.0. The van der Waals surface area contributed by atoms with Crippen LogP contribution in [0.2, 0.25) is 0 Å². The molecule has 0 aliphatic heterocycles. The maximum Gasteiger partial charge on any atom is 0.258 e. The van der Waals surface area contributed by atoms with E-state index in [9.17, 15) is 9.59 Å². The van der Waals surface area contributed by atoms with Crippen molar-refractivity contribution in [2.45, 2.75) is 52.0 Å². The number of aryl methyl sites for hydroxylation is 1. The fourth-order valence-electron chi connectivity index (χ4n) is 3.44. The summed E-state index contributed by atoms with van der Waals surface area (Å²) in [7, 11) is 0. The van der Waals surface area contributed by atoms with Gasteiger partial charge in [0.05, 0.1) is 12.0 Å². The predicted molar refractivity (Wildman–Crippen MR) is 104 cm³/mol. The minimum atomic E-state index is -0.209. The van der Waals surface area contributed by atoms with Gasteiger partial charge in [-0.15, -0.1) is 0 Å². The Morgan fingerprint density at radius 3 is 2.81 bits per heavy atom. The summed E-state index contributed by atoms with van der Waals surface area (Å²) in [6.07, 6.45) is 6.26. The van der Waals surface area contributed by atoms with E-state index in [0.717, 1.165) is 29.7 Å². The molecule has 1 heterocycles. The first kappa shape index (κ1) is 19.1. The molecule has 1 N–H and O–H groups in total. The minimum absolute atomic E-state index is 0.0436. The quantitative estimate of drug-likeness (QED) is 0.814. The van der Waals surface area contributed by atoms with Crippen molar-refractivity contribution in [3.05, 3.63) is 57.8 Å². The molecule has 27 heavy (non-hydrogen) atoms. The molecule has 1 aromatic carbocycles. The molecule has 1 aromatic heterocycles. The zero-order chi connectivity index (χ0) is 19.2. The molecule has 0 atom stereocenters. The van der Waals surface area contributed by atoms with E-state index in [1.54, 1.807) is 12.4 Å². The highest BCUT2D eigenvalue weighted by molar-refractivity contribution is 5.77. The molecule has 1 aliphatic carbocycles. The molecule has 0 spiro atoms. The first-order valence-corrected chi connectivity index (χ1v) is 9.56. The lowest BCUT2D eigenvalue weighted by molar-refractivity contribution is -0.123. The second-order valence-electron chi connectivity index (χ2n) is 7.16. The van der Waals surface area contributed by atoms with Crippen LogP contribution in [0.3, 0.4) is 0 Å². The van der Waals surface area contributed by atoms with Crippen molar-refractivity contribution in [2.75, 3.05) is 13.2 Å². The van der Waals surface area contributed by atoms with Gasteiger partial charge in [-0.05, 0) is 43.9 Å². The summed E-state index contributed by atoms with van der Waals surface area (Å²) >= 11 is 0. The van der Waals surface area contributed by atoms with Crippen LogP contribution in [0.4, 0.5) is 0 Å². The number of benzene rings is 1. The van der Waals surface area contributed by atoms with Gasteiger partial charge < -0.3 is 10.1 Å². The Balaban J connectivity index is 1.45. The molecule has 6 nitrogen and oxygen atoms in total. The van der Waals surface area contributed by atoms with Gasteiger partial charge in [-0.1, -0.05) is 25.0 Å². The average molecular weight is 369 g/mol. The van der Waals surface area contributed by atoms with Crippen LogP contribution in [0.1, 0.15) is 48.4 Å². The number of hydrogen-bond donors (Lipinski definition) is 1. The summed E-state index contributed by atoms with van der Waals surface area (Å²) in [6, 6.07) is 7.41. The van der Waals surface area contributed by atoms with Crippen LogP contribution in [0, 0.1) is 13.8 Å². The standard InChI is InChI=1S/C21H27N3O3/c1-15-6-5-9-19(16(15)2)27-13-20(25)22-10-11-24-14-23-18(12-21(24)26)17-7-3-4-8-17/h5-6,9,12,14,17H,3-4,7-8,10-11,13H2,1-2H3,(H,22,25). The molecular weight excluding hydrogens is 342 g/mol. The zero-order valence-electron chi connectivity index (χ0n) is 16.0. The Hall–Kier alpha value is -2.63. The Labute approximate surface area is 159 Å². The van der Waals surface area contributed by atoms with Gasteiger partial charge in [-0.3, -0.25) is 14.2 Å². The summed E-state index contributed by atoms with van der Waals surface area (Å²) < 4.78 is 7.12. The molecule has 1 amide bonds. The van der Waals surface area contributed by atoms with Gasteiger partial charge in [0.25, 0.3) is 11.5 Å². The van der Waals surface area contributed by atoms with Crippen LogP contribution in [-0.2, 0) is 11.3 Å². The number of carbonyl (C=O) groups is 1. The second-order valence-corrected chi connectivity index (χ2v) is 7.16. The van der Waals surface area contributed by atoms with Gasteiger partial charge in [0.15, 0.2) is 6.61 Å². The first-order valence-electron chi connectivity index (χ1n) is 9.56. The van der Waals surface area contributed by atoms with Gasteiger partial charge in [-0.25, -0.2) is 4.98 Å². The second kappa shape index (κ2) is 8.84. The van der Waals surface area contributed by atoms with E-state index in [0.29, 0.717) is 24.8 Å². The molecule has 0 unspecified atom stereocenters. The number of hydrogen-bond acceptors (Lipinski definition) is 4. The topological polar surface area (TPSA) is 73.2 Å². The number of nitrogens with one attached hydrogen (secondary N) is 1. The van der Waals surface area contributed by atoms with Gasteiger partial charge in [0.1, 0.15) is 5.75 Å². The van der Waals surface area contributed by atoms with Crippen molar-refractivity contribution < 1.29 is 9.53 Å². The summed E-state index contributed by atoms with van der Waals surface area (Å²) in [5.41, 5.74) is 3.00. The van der Waals surface area contributed by atoms with E-state index in [-0.39, 0.29) is 18.1 Å². The van der Waals surface area contributed by atoms with Crippen LogP contribution in [0.5, 0.6) is 5.75 Å². The predicted octanol–water partition coefficient (Wildman–Crippen LogP) is 2.71. The number of aromatic nitrogens is 2. The third-order valence-electron chi connectivity index (χ3n) is 5.26. The van der Waals surface area contributed by atoms with Gasteiger partial charge in [0.2, 0.25) is 0 Å². The van der Waals surface area contributed by atoms with Crippen LogP contribution in [0.15, 0.2) is 35.4 Å². The Kier molecular flexibility index (Phi) is 6.27. The van der Waals surface area contributed by atoms with Crippen molar-refractivity contribution in [1.82, 2.24) is 14.9 Å². The number of ether oxygens (including phenoxy) is 1. The largest absolute Gasteiger partial charge is 0.483 e. The monoisotopic (exact) mass is 369 g/mol. The van der Waals surface area contributed by atoms with E-state index >= 15 is 0 Å². The Bertz CT molecular complexity index is 854. The lowest BCUT2D eigenvalue weighted by Gasteiger charge is -2.12. The van der Waals surface area contributed by atoms with Crippen LogP contribution < -0.4 is 15.6 Å². The highest BCUT2D eigenvalue weighted by Gasteiger charge is 2.18. The fraction of sp³-hybridized carbons (Fsp3) is 0.476. The van der Waals surface area contributed by atoms with Gasteiger partial charge >= 0.3 is 0 Å². The van der Waals surface area contributed by atoms with Crippen molar-refractivity contribution in [2.24, 2.45) is 0 Å². The molecule has 1 aliphatic rings. The summed E-state index contributed by atoms with van der Waals surface area (Å²) in [6.45, 7) is 4.69. The summed E-state index contributed by atoms with van der Waals surface area (Å²) in [5.74, 6) is 0.932. The maximum atomic E-state index is 12.2. The molecule has 6 heteroatoms. The maximum absolute atomic E-state index is 12.2. The molecular formula is C21H27N3O3. The molecule has 0 saturated heterocycles. The highest BCUT2D eigenvalue weighted by Crippen LogP contribution is 2.32. The van der Waals surface area contributed by atoms with E-state index in [1.807, 2.05) is 32.0 Å². The van der Waals surface area contributed by atoms with Crippen LogP contribution in [0.25, 0.3) is 0 Å². The minimum Gasteiger partial charge on any atom is -0.483 e. The molecule has 144 valence electrons. The number of amides is 1. The van der Waals surface area contributed by atoms with E-state index in [1.165, 1.54) is 17.4 Å². The molecule has 1 fully saturated rings. The van der Waals surface area contributed by atoms with Crippen molar-refractivity contribution in [3.63, 3.8) is 0 Å². The number of carbonyl (C=O) groups excluding carboxylic acids is 1.